The zero-order chi connectivity index (χ0) is 19.2. The summed E-state index contributed by atoms with van der Waals surface area (Å²) in [7, 11) is 0. The van der Waals surface area contributed by atoms with Crippen molar-refractivity contribution in [2.24, 2.45) is 5.73 Å². The number of nitrogens with zero attached hydrogens (tertiary/aromatic N) is 2. The van der Waals surface area contributed by atoms with Crippen molar-refractivity contribution in [1.29, 1.82) is 0 Å². The standard InChI is InChI=1S/C20H23IN4O2/c21-18-13-24(12-15-6-2-1-3-7-15)10-11-25(18)14-19(26)23-17-9-5-4-8-16(17)20(22)27/h1-9,18H,10-14H2,(H2,22,27)(H,23,26). The molecular weight excluding hydrogens is 455 g/mol. The fourth-order valence-electron chi connectivity index (χ4n) is 3.17. The maximum Gasteiger partial charge on any atom is 0.250 e. The van der Waals surface area contributed by atoms with Crippen LogP contribution in [0.2, 0.25) is 0 Å². The third-order valence-corrected chi connectivity index (χ3v) is 5.75. The van der Waals surface area contributed by atoms with Crippen LogP contribution in [-0.2, 0) is 11.3 Å². The predicted octanol–water partition coefficient (Wildman–Crippen LogP) is 2.30. The van der Waals surface area contributed by atoms with E-state index in [0.717, 1.165) is 26.2 Å². The summed E-state index contributed by atoms with van der Waals surface area (Å²) in [5.41, 5.74) is 7.45. The molecule has 1 saturated heterocycles. The van der Waals surface area contributed by atoms with Gasteiger partial charge < -0.3 is 11.1 Å². The van der Waals surface area contributed by atoms with Crippen LogP contribution >= 0.6 is 22.6 Å². The third-order valence-electron chi connectivity index (χ3n) is 4.57. The van der Waals surface area contributed by atoms with Crippen molar-refractivity contribution in [3.63, 3.8) is 0 Å². The number of para-hydroxylation sites is 1. The quantitative estimate of drug-likeness (QED) is 0.380. The van der Waals surface area contributed by atoms with Crippen molar-refractivity contribution in [2.45, 2.75) is 10.6 Å². The smallest absolute Gasteiger partial charge is 0.250 e. The van der Waals surface area contributed by atoms with Gasteiger partial charge in [0.15, 0.2) is 0 Å². The summed E-state index contributed by atoms with van der Waals surface area (Å²) in [4.78, 5) is 28.5. The van der Waals surface area contributed by atoms with E-state index in [9.17, 15) is 9.59 Å². The molecule has 2 aromatic rings. The zero-order valence-electron chi connectivity index (χ0n) is 15.0. The van der Waals surface area contributed by atoms with Crippen LogP contribution in [0.3, 0.4) is 0 Å². The highest BCUT2D eigenvalue weighted by atomic mass is 127. The lowest BCUT2D eigenvalue weighted by Crippen LogP contribution is -2.52. The number of nitrogens with one attached hydrogen (secondary N) is 1. The SMILES string of the molecule is NC(=O)c1ccccc1NC(=O)CN1CCN(Cc2ccccc2)CC1I. The molecule has 0 spiro atoms. The monoisotopic (exact) mass is 478 g/mol. The number of halogens is 1. The van der Waals surface area contributed by atoms with E-state index in [0.29, 0.717) is 17.8 Å². The van der Waals surface area contributed by atoms with E-state index in [2.05, 4.69) is 62.0 Å². The van der Waals surface area contributed by atoms with Gasteiger partial charge in [-0.1, -0.05) is 65.1 Å². The van der Waals surface area contributed by atoms with Crippen LogP contribution in [0.4, 0.5) is 5.69 Å². The van der Waals surface area contributed by atoms with Gasteiger partial charge in [-0.2, -0.15) is 0 Å². The second-order valence-electron chi connectivity index (χ2n) is 6.58. The summed E-state index contributed by atoms with van der Waals surface area (Å²) < 4.78 is 0.247. The Morgan fingerprint density at radius 3 is 2.48 bits per heavy atom. The molecule has 27 heavy (non-hydrogen) atoms. The summed E-state index contributed by atoms with van der Waals surface area (Å²) in [6.07, 6.45) is 0. The number of hydrogen-bond acceptors (Lipinski definition) is 4. The molecule has 0 bridgehead atoms. The van der Waals surface area contributed by atoms with E-state index in [1.807, 2.05) is 6.07 Å². The van der Waals surface area contributed by atoms with Gasteiger partial charge in [-0.15, -0.1) is 0 Å². The maximum atomic E-state index is 12.5. The van der Waals surface area contributed by atoms with Crippen LogP contribution in [0.15, 0.2) is 54.6 Å². The second kappa shape index (κ2) is 9.29. The van der Waals surface area contributed by atoms with Gasteiger partial charge in [0.05, 0.1) is 21.8 Å². The van der Waals surface area contributed by atoms with Gasteiger partial charge in [-0.25, -0.2) is 0 Å². The van der Waals surface area contributed by atoms with Gasteiger partial charge in [0.25, 0.3) is 5.91 Å². The summed E-state index contributed by atoms with van der Waals surface area (Å²) >= 11 is 2.39. The summed E-state index contributed by atoms with van der Waals surface area (Å²) in [6, 6.07) is 17.2. The van der Waals surface area contributed by atoms with Crippen molar-refractivity contribution in [3.8, 4) is 0 Å². The average Bonchev–Trinajstić information content (AvgIpc) is 2.65. The molecule has 2 aromatic carbocycles. The molecule has 2 amide bonds. The van der Waals surface area contributed by atoms with Gasteiger partial charge in [0, 0.05) is 26.2 Å². The molecule has 0 saturated carbocycles. The van der Waals surface area contributed by atoms with E-state index < -0.39 is 5.91 Å². The number of carbonyl (C=O) groups excluding carboxylic acids is 2. The fourth-order valence-corrected chi connectivity index (χ4v) is 4.21. The number of amides is 2. The molecule has 7 heteroatoms. The number of carbonyl (C=O) groups is 2. The molecule has 0 aliphatic carbocycles. The lowest BCUT2D eigenvalue weighted by atomic mass is 10.1. The molecule has 0 aromatic heterocycles. The highest BCUT2D eigenvalue weighted by Gasteiger charge is 2.26. The molecule has 1 aliphatic rings. The van der Waals surface area contributed by atoms with Gasteiger partial charge in [0.2, 0.25) is 5.91 Å². The fraction of sp³-hybridized carbons (Fsp3) is 0.300. The van der Waals surface area contributed by atoms with Crippen LogP contribution in [0, 0.1) is 0 Å². The van der Waals surface area contributed by atoms with Crippen LogP contribution in [0.1, 0.15) is 15.9 Å². The molecule has 1 aliphatic heterocycles. The Balaban J connectivity index is 1.53. The van der Waals surface area contributed by atoms with E-state index in [1.54, 1.807) is 24.3 Å². The Morgan fingerprint density at radius 2 is 1.78 bits per heavy atom. The Bertz CT molecular complexity index is 800. The maximum absolute atomic E-state index is 12.5. The minimum Gasteiger partial charge on any atom is -0.366 e. The normalized spacial score (nSPS) is 18.2. The van der Waals surface area contributed by atoms with Crippen molar-refractivity contribution in [1.82, 2.24) is 9.80 Å². The number of primary amides is 1. The Hall–Kier alpha value is -1.97. The second-order valence-corrected chi connectivity index (χ2v) is 8.02. The summed E-state index contributed by atoms with van der Waals surface area (Å²) in [5.74, 6) is -0.686. The molecule has 3 N–H and O–H groups in total. The van der Waals surface area contributed by atoms with Crippen LogP contribution < -0.4 is 11.1 Å². The van der Waals surface area contributed by atoms with Crippen molar-refractivity contribution in [3.05, 3.63) is 65.7 Å². The Kier molecular flexibility index (Phi) is 6.81. The van der Waals surface area contributed by atoms with Crippen LogP contribution in [-0.4, -0.2) is 51.8 Å². The predicted molar refractivity (Wildman–Crippen MR) is 115 cm³/mol. The molecule has 1 heterocycles. The summed E-state index contributed by atoms with van der Waals surface area (Å²) in [5, 5.41) is 2.81. The molecule has 1 fully saturated rings. The first kappa shape index (κ1) is 19.8. The number of anilines is 1. The average molecular weight is 478 g/mol. The van der Waals surface area contributed by atoms with Crippen molar-refractivity contribution < 1.29 is 9.59 Å². The number of rotatable bonds is 6. The molecule has 0 radical (unpaired) electrons. The van der Waals surface area contributed by atoms with Gasteiger partial charge in [-0.3, -0.25) is 19.4 Å². The van der Waals surface area contributed by atoms with Gasteiger partial charge in [-0.05, 0) is 17.7 Å². The van der Waals surface area contributed by atoms with Crippen molar-refractivity contribution in [2.75, 3.05) is 31.5 Å². The highest BCUT2D eigenvalue weighted by Crippen LogP contribution is 2.19. The molecule has 1 unspecified atom stereocenters. The number of benzene rings is 2. The topological polar surface area (TPSA) is 78.7 Å². The first-order valence-electron chi connectivity index (χ1n) is 8.86. The number of nitrogens with two attached hydrogens (primary N) is 1. The number of piperazine rings is 1. The van der Waals surface area contributed by atoms with Gasteiger partial charge in [0.1, 0.15) is 0 Å². The lowest BCUT2D eigenvalue weighted by Gasteiger charge is -2.38. The van der Waals surface area contributed by atoms with E-state index in [1.165, 1.54) is 5.56 Å². The first-order valence-corrected chi connectivity index (χ1v) is 10.1. The first-order chi connectivity index (χ1) is 13.0. The minimum absolute atomic E-state index is 0.137. The number of hydrogen-bond donors (Lipinski definition) is 2. The Morgan fingerprint density at radius 1 is 1.07 bits per heavy atom. The largest absolute Gasteiger partial charge is 0.366 e. The highest BCUT2D eigenvalue weighted by molar-refractivity contribution is 14.1. The molecule has 3 rings (SSSR count). The molecular formula is C20H23IN4O2. The van der Waals surface area contributed by atoms with Crippen molar-refractivity contribution >= 4 is 40.1 Å². The van der Waals surface area contributed by atoms with E-state index in [4.69, 9.17) is 5.73 Å². The summed E-state index contributed by atoms with van der Waals surface area (Å²) in [6.45, 7) is 3.86. The van der Waals surface area contributed by atoms with E-state index in [-0.39, 0.29) is 9.96 Å². The lowest BCUT2D eigenvalue weighted by molar-refractivity contribution is -0.117. The molecule has 1 atom stereocenters. The minimum atomic E-state index is -0.549. The molecule has 142 valence electrons. The molecule has 6 nitrogen and oxygen atoms in total. The van der Waals surface area contributed by atoms with Gasteiger partial charge >= 0.3 is 0 Å². The number of alkyl halides is 1. The zero-order valence-corrected chi connectivity index (χ0v) is 17.1. The Labute approximate surface area is 172 Å². The van der Waals surface area contributed by atoms with Crippen LogP contribution in [0.25, 0.3) is 0 Å². The van der Waals surface area contributed by atoms with Crippen LogP contribution in [0.5, 0.6) is 0 Å². The third kappa shape index (κ3) is 5.50. The van der Waals surface area contributed by atoms with E-state index >= 15 is 0 Å².